The van der Waals surface area contributed by atoms with E-state index in [1.165, 1.54) is 29.5 Å². The van der Waals surface area contributed by atoms with Crippen molar-refractivity contribution in [2.75, 3.05) is 18.8 Å². The Balaban J connectivity index is 1.72. The Hall–Kier alpha value is -2.12. The van der Waals surface area contributed by atoms with Crippen LogP contribution in [0.15, 0.2) is 39.6 Å². The van der Waals surface area contributed by atoms with Crippen LogP contribution in [0.1, 0.15) is 30.4 Å². The van der Waals surface area contributed by atoms with Gasteiger partial charge >= 0.3 is 0 Å². The highest BCUT2D eigenvalue weighted by Gasteiger charge is 2.20. The molecule has 0 radical (unpaired) electrons. The van der Waals surface area contributed by atoms with Gasteiger partial charge in [0, 0.05) is 13.1 Å². The van der Waals surface area contributed by atoms with Gasteiger partial charge in [0.1, 0.15) is 4.70 Å². The highest BCUT2D eigenvalue weighted by molar-refractivity contribution is 7.99. The van der Waals surface area contributed by atoms with Crippen molar-refractivity contribution in [3.05, 3.63) is 51.1 Å². The topological polar surface area (TPSA) is 55.2 Å². The summed E-state index contributed by atoms with van der Waals surface area (Å²) in [6, 6.07) is 7.93. The molecule has 5 nitrogen and oxygen atoms in total. The first kappa shape index (κ1) is 19.2. The minimum absolute atomic E-state index is 0.0714. The summed E-state index contributed by atoms with van der Waals surface area (Å²) in [4.78, 5) is 32.5. The van der Waals surface area contributed by atoms with Crippen molar-refractivity contribution in [2.45, 2.75) is 38.3 Å². The van der Waals surface area contributed by atoms with Crippen LogP contribution >= 0.6 is 23.1 Å². The number of carbonyl (C=O) groups excluding carboxylic acids is 1. The Bertz CT molecular complexity index is 1060. The van der Waals surface area contributed by atoms with Crippen LogP contribution in [0.2, 0.25) is 0 Å². The van der Waals surface area contributed by atoms with Gasteiger partial charge in [-0.2, -0.15) is 0 Å². The summed E-state index contributed by atoms with van der Waals surface area (Å²) in [5, 5.41) is 2.46. The van der Waals surface area contributed by atoms with Crippen molar-refractivity contribution in [1.82, 2.24) is 14.5 Å². The number of aryl methyl sites for hydroxylation is 2. The van der Waals surface area contributed by atoms with Crippen LogP contribution < -0.4 is 5.56 Å². The van der Waals surface area contributed by atoms with E-state index in [-0.39, 0.29) is 11.5 Å². The normalized spacial score (nSPS) is 14.6. The summed E-state index contributed by atoms with van der Waals surface area (Å²) in [5.41, 5.74) is 3.61. The molecule has 1 aliphatic rings. The highest BCUT2D eigenvalue weighted by Crippen LogP contribution is 2.25. The van der Waals surface area contributed by atoms with Gasteiger partial charge in [-0.3, -0.25) is 14.2 Å². The Kier molecular flexibility index (Phi) is 5.55. The van der Waals surface area contributed by atoms with Crippen molar-refractivity contribution in [3.8, 4) is 5.69 Å². The summed E-state index contributed by atoms with van der Waals surface area (Å²) < 4.78 is 2.30. The molecule has 7 heteroatoms. The maximum atomic E-state index is 13.2. The molecule has 1 aliphatic heterocycles. The number of rotatable bonds is 4. The number of nitrogens with zero attached hydrogens (tertiary/aromatic N) is 3. The molecule has 1 aromatic carbocycles. The van der Waals surface area contributed by atoms with E-state index in [1.807, 2.05) is 42.3 Å². The van der Waals surface area contributed by atoms with Gasteiger partial charge in [-0.05, 0) is 67.8 Å². The zero-order valence-corrected chi connectivity index (χ0v) is 17.7. The first-order valence-electron chi connectivity index (χ1n) is 9.52. The molecule has 3 heterocycles. The van der Waals surface area contributed by atoms with Gasteiger partial charge in [-0.1, -0.05) is 17.8 Å². The number of carbonyl (C=O) groups is 1. The lowest BCUT2D eigenvalue weighted by Crippen LogP contribution is -2.36. The zero-order valence-electron chi connectivity index (χ0n) is 16.1. The van der Waals surface area contributed by atoms with Crippen LogP contribution in [0.4, 0.5) is 0 Å². The van der Waals surface area contributed by atoms with E-state index < -0.39 is 0 Å². The molecule has 0 bridgehead atoms. The molecule has 0 aliphatic carbocycles. The molecule has 0 saturated carbocycles. The van der Waals surface area contributed by atoms with Crippen LogP contribution in [0, 0.1) is 13.8 Å². The number of fused-ring (bicyclic) bond motifs is 1. The number of thioether (sulfide) groups is 1. The molecule has 0 unspecified atom stereocenters. The van der Waals surface area contributed by atoms with E-state index in [1.54, 1.807) is 4.57 Å². The molecule has 0 spiro atoms. The van der Waals surface area contributed by atoms with Crippen molar-refractivity contribution < 1.29 is 4.79 Å². The number of thiophene rings is 1. The maximum Gasteiger partial charge on any atom is 0.276 e. The SMILES string of the molecule is Cc1cc(C)cc(-n2c(SCC(=O)N3CCCCC3)nc3ccsc3c2=O)c1. The zero-order chi connectivity index (χ0) is 19.7. The molecule has 2 aromatic heterocycles. The molecule has 1 amide bonds. The van der Waals surface area contributed by atoms with Gasteiger partial charge in [0.05, 0.1) is 17.0 Å². The number of benzene rings is 1. The summed E-state index contributed by atoms with van der Waals surface area (Å²) in [6.45, 7) is 5.71. The fraction of sp³-hybridized carbons (Fsp3) is 0.381. The first-order valence-corrected chi connectivity index (χ1v) is 11.4. The van der Waals surface area contributed by atoms with E-state index in [4.69, 9.17) is 4.98 Å². The third-order valence-electron chi connectivity index (χ3n) is 4.95. The fourth-order valence-corrected chi connectivity index (χ4v) is 5.33. The van der Waals surface area contributed by atoms with E-state index >= 15 is 0 Å². The number of likely N-dealkylation sites (tertiary alicyclic amines) is 1. The Labute approximate surface area is 172 Å². The van der Waals surface area contributed by atoms with Gasteiger partial charge in [0.15, 0.2) is 5.16 Å². The molecule has 3 aromatic rings. The molecule has 0 N–H and O–H groups in total. The lowest BCUT2D eigenvalue weighted by Gasteiger charge is -2.26. The Morgan fingerprint density at radius 2 is 1.86 bits per heavy atom. The predicted octanol–water partition coefficient (Wildman–Crippen LogP) is 4.17. The van der Waals surface area contributed by atoms with Crippen molar-refractivity contribution in [1.29, 1.82) is 0 Å². The molecule has 28 heavy (non-hydrogen) atoms. The van der Waals surface area contributed by atoms with Gasteiger partial charge < -0.3 is 4.90 Å². The second-order valence-corrected chi connectivity index (χ2v) is 9.10. The standard InChI is InChI=1S/C21H23N3O2S2/c1-14-10-15(2)12-16(11-14)24-20(26)19-17(6-9-27-19)22-21(24)28-13-18(25)23-7-4-3-5-8-23/h6,9-12H,3-5,7-8,13H2,1-2H3. The Morgan fingerprint density at radius 3 is 2.57 bits per heavy atom. The number of aromatic nitrogens is 2. The van der Waals surface area contributed by atoms with Crippen LogP contribution in [0.3, 0.4) is 0 Å². The third kappa shape index (κ3) is 3.86. The summed E-state index contributed by atoms with van der Waals surface area (Å²) in [7, 11) is 0. The van der Waals surface area contributed by atoms with Crippen LogP contribution in [0.25, 0.3) is 15.9 Å². The van der Waals surface area contributed by atoms with Gasteiger partial charge in [-0.15, -0.1) is 11.3 Å². The number of hydrogen-bond donors (Lipinski definition) is 0. The smallest absolute Gasteiger partial charge is 0.276 e. The largest absolute Gasteiger partial charge is 0.342 e. The fourth-order valence-electron chi connectivity index (χ4n) is 3.66. The quantitative estimate of drug-likeness (QED) is 0.476. The highest BCUT2D eigenvalue weighted by atomic mass is 32.2. The van der Waals surface area contributed by atoms with E-state index in [0.29, 0.717) is 21.1 Å². The molecule has 0 atom stereocenters. The second kappa shape index (κ2) is 8.09. The van der Waals surface area contributed by atoms with Crippen LogP contribution in [-0.2, 0) is 4.79 Å². The molecule has 146 valence electrons. The second-order valence-electron chi connectivity index (χ2n) is 7.25. The van der Waals surface area contributed by atoms with Gasteiger partial charge in [0.25, 0.3) is 5.56 Å². The minimum Gasteiger partial charge on any atom is -0.342 e. The van der Waals surface area contributed by atoms with Crippen LogP contribution in [-0.4, -0.2) is 39.2 Å². The lowest BCUT2D eigenvalue weighted by molar-refractivity contribution is -0.129. The van der Waals surface area contributed by atoms with Crippen molar-refractivity contribution >= 4 is 39.2 Å². The predicted molar refractivity (Wildman–Crippen MR) is 116 cm³/mol. The van der Waals surface area contributed by atoms with E-state index in [9.17, 15) is 9.59 Å². The maximum absolute atomic E-state index is 13.2. The number of amides is 1. The third-order valence-corrected chi connectivity index (χ3v) is 6.76. The minimum atomic E-state index is -0.0714. The first-order chi connectivity index (χ1) is 13.5. The average molecular weight is 414 g/mol. The van der Waals surface area contributed by atoms with Gasteiger partial charge in [0.2, 0.25) is 5.91 Å². The molecular weight excluding hydrogens is 390 g/mol. The van der Waals surface area contributed by atoms with Crippen molar-refractivity contribution in [3.63, 3.8) is 0 Å². The summed E-state index contributed by atoms with van der Waals surface area (Å²) in [5.74, 6) is 0.420. The Morgan fingerprint density at radius 1 is 1.14 bits per heavy atom. The molecule has 1 fully saturated rings. The lowest BCUT2D eigenvalue weighted by atomic mass is 10.1. The summed E-state index contributed by atoms with van der Waals surface area (Å²) >= 11 is 2.76. The van der Waals surface area contributed by atoms with Crippen molar-refractivity contribution in [2.24, 2.45) is 0 Å². The molecular formula is C21H23N3O2S2. The van der Waals surface area contributed by atoms with Crippen LogP contribution in [0.5, 0.6) is 0 Å². The average Bonchev–Trinajstić information content (AvgIpc) is 3.15. The monoisotopic (exact) mass is 413 g/mol. The summed E-state index contributed by atoms with van der Waals surface area (Å²) in [6.07, 6.45) is 3.34. The molecule has 4 rings (SSSR count). The van der Waals surface area contributed by atoms with Gasteiger partial charge in [-0.25, -0.2) is 4.98 Å². The van der Waals surface area contributed by atoms with E-state index in [0.717, 1.165) is 42.7 Å². The van der Waals surface area contributed by atoms with E-state index in [2.05, 4.69) is 6.07 Å². The molecule has 1 saturated heterocycles. The number of hydrogen-bond acceptors (Lipinski definition) is 5. The number of piperidine rings is 1.